The summed E-state index contributed by atoms with van der Waals surface area (Å²) in [7, 11) is 2.49. The zero-order valence-corrected chi connectivity index (χ0v) is 35.5. The number of amides is 5. The number of aromatic amines is 1. The summed E-state index contributed by atoms with van der Waals surface area (Å²) in [5.41, 5.74) is 0.553. The molecule has 0 saturated carbocycles. The number of alkyl carbamates (subject to hydrolysis) is 2. The summed E-state index contributed by atoms with van der Waals surface area (Å²) in [6, 6.07) is 6.78. The van der Waals surface area contributed by atoms with Crippen LogP contribution in [-0.2, 0) is 38.8 Å². The first kappa shape index (κ1) is 44.1. The van der Waals surface area contributed by atoms with Crippen LogP contribution in [0.1, 0.15) is 95.8 Å². The van der Waals surface area contributed by atoms with Crippen molar-refractivity contribution in [3.8, 4) is 0 Å². The smallest absolute Gasteiger partial charge is 0.407 e. The van der Waals surface area contributed by atoms with Crippen LogP contribution in [0, 0.1) is 11.8 Å². The molecule has 16 nitrogen and oxygen atoms in total. The monoisotopic (exact) mass is 829 g/mol. The summed E-state index contributed by atoms with van der Waals surface area (Å²) in [5, 5.41) is 8.25. The Morgan fingerprint density at radius 2 is 1.55 bits per heavy atom. The molecule has 1 aromatic heterocycles. The van der Waals surface area contributed by atoms with Gasteiger partial charge in [-0.2, -0.15) is 0 Å². The van der Waals surface area contributed by atoms with Crippen LogP contribution < -0.4 is 16.0 Å². The Labute approximate surface area is 351 Å². The molecule has 1 aliphatic carbocycles. The minimum Gasteiger partial charge on any atom is -0.453 e. The fourth-order valence-electron chi connectivity index (χ4n) is 9.12. The maximum absolute atomic E-state index is 14.7. The number of carbonyl (C=O) groups excluding carboxylic acids is 6. The molecule has 2 aromatic rings. The number of methoxy groups -OCH3 is 2. The number of imidazole rings is 1. The summed E-state index contributed by atoms with van der Waals surface area (Å²) < 4.78 is 15.3. The van der Waals surface area contributed by atoms with Crippen LogP contribution in [0.4, 0.5) is 9.59 Å². The van der Waals surface area contributed by atoms with Crippen molar-refractivity contribution >= 4 is 41.3 Å². The Kier molecular flexibility index (Phi) is 13.8. The number of hydrogen-bond acceptors (Lipinski definition) is 10. The molecule has 4 aliphatic rings. The van der Waals surface area contributed by atoms with E-state index in [0.717, 1.165) is 17.6 Å². The summed E-state index contributed by atoms with van der Waals surface area (Å²) in [6.45, 7) is 8.35. The lowest BCUT2D eigenvalue weighted by Gasteiger charge is -2.45. The lowest BCUT2D eigenvalue weighted by atomic mass is 9.73. The van der Waals surface area contributed by atoms with Crippen molar-refractivity contribution in [1.82, 2.24) is 35.7 Å². The SMILES string of the molecule is COC(=O)N[C@H](C(=O)N1CCC[C@H]1c1ncc(C2(C(=O)CNC(=O)C3CCC4(CCOCC4)N3C(=O)[C@@H](NC(=O)OC)C(C)C)C=CC(c3ccccc3)=CC2)[nH]1)C(C)C. The summed E-state index contributed by atoms with van der Waals surface area (Å²) in [4.78, 5) is 93.2. The number of ether oxygens (including phenoxy) is 3. The Balaban J connectivity index is 1.26. The Morgan fingerprint density at radius 3 is 2.15 bits per heavy atom. The van der Waals surface area contributed by atoms with Gasteiger partial charge in [-0.25, -0.2) is 14.6 Å². The molecule has 60 heavy (non-hydrogen) atoms. The molecule has 5 amide bonds. The van der Waals surface area contributed by atoms with E-state index in [9.17, 15) is 28.8 Å². The standard InChI is InChI=1S/C44H59N7O9/c1-27(2)35(48-41(56)58-5)39(54)50-22-10-13-31(50)37-45-25-33(47-37)44(18-14-30(15-19-44)29-11-8-7-9-12-29)34(52)26-46-38(53)32-16-17-43(20-23-60-24-21-43)51(32)40(55)36(28(3)4)49-42(57)59-6/h7-9,11-12,14-15,18,25,27-28,31-32,35-36H,10,13,16-17,19-24,26H2,1-6H3,(H,45,47)(H,46,53)(H,48,56)(H,49,57)/t31-,32?,35-,36-,44?/m0/s1. The number of nitrogens with one attached hydrogen (secondary N) is 4. The van der Waals surface area contributed by atoms with Crippen molar-refractivity contribution in [2.45, 2.75) is 108 Å². The van der Waals surface area contributed by atoms with Crippen molar-refractivity contribution in [2.75, 3.05) is 40.5 Å². The number of Topliss-reactive ketones (excluding diaryl/α,β-unsaturated/α-hetero) is 1. The molecule has 4 heterocycles. The second kappa shape index (κ2) is 18.8. The van der Waals surface area contributed by atoms with E-state index in [1.165, 1.54) is 14.2 Å². The van der Waals surface area contributed by atoms with Gasteiger partial charge in [0.15, 0.2) is 5.78 Å². The first-order valence-corrected chi connectivity index (χ1v) is 21.0. The Hall–Kier alpha value is -5.51. The molecule has 0 bridgehead atoms. The maximum Gasteiger partial charge on any atom is 0.407 e. The van der Waals surface area contributed by atoms with Crippen molar-refractivity contribution < 1.29 is 43.0 Å². The third kappa shape index (κ3) is 8.98. The Bertz CT molecular complexity index is 1970. The molecule has 3 saturated heterocycles. The fourth-order valence-corrected chi connectivity index (χ4v) is 9.12. The van der Waals surface area contributed by atoms with E-state index < -0.39 is 53.2 Å². The molecular weight excluding hydrogens is 771 g/mol. The van der Waals surface area contributed by atoms with Crippen molar-refractivity contribution in [3.63, 3.8) is 0 Å². The van der Waals surface area contributed by atoms with E-state index in [1.807, 2.05) is 76.3 Å². The maximum atomic E-state index is 14.7. The first-order chi connectivity index (χ1) is 28.7. The van der Waals surface area contributed by atoms with E-state index in [0.29, 0.717) is 63.4 Å². The Morgan fingerprint density at radius 1 is 0.900 bits per heavy atom. The van der Waals surface area contributed by atoms with Gasteiger partial charge in [0.05, 0.1) is 37.9 Å². The number of H-pyrrole nitrogens is 1. The highest BCUT2D eigenvalue weighted by Gasteiger charge is 2.53. The zero-order chi connectivity index (χ0) is 43.2. The predicted octanol–water partition coefficient (Wildman–Crippen LogP) is 4.34. The highest BCUT2D eigenvalue weighted by atomic mass is 16.5. The van der Waals surface area contributed by atoms with Gasteiger partial charge in [-0.15, -0.1) is 0 Å². The molecular formula is C44H59N7O9. The molecule has 2 unspecified atom stereocenters. The molecule has 1 aromatic carbocycles. The van der Waals surface area contributed by atoms with E-state index in [2.05, 4.69) is 20.9 Å². The summed E-state index contributed by atoms with van der Waals surface area (Å²) in [6.07, 6.45) is 9.61. The number of aromatic nitrogens is 2. The van der Waals surface area contributed by atoms with E-state index in [-0.39, 0.29) is 42.4 Å². The topological polar surface area (TPSA) is 201 Å². The van der Waals surface area contributed by atoms with Gasteiger partial charge in [-0.05, 0) is 67.9 Å². The third-order valence-corrected chi connectivity index (χ3v) is 12.6. The number of hydrogen-bond donors (Lipinski definition) is 4. The summed E-state index contributed by atoms with van der Waals surface area (Å²) in [5.74, 6) is -1.37. The van der Waals surface area contributed by atoms with Gasteiger partial charge in [0.2, 0.25) is 17.7 Å². The van der Waals surface area contributed by atoms with Crippen molar-refractivity contribution in [1.29, 1.82) is 0 Å². The van der Waals surface area contributed by atoms with Gasteiger partial charge in [-0.1, -0.05) is 76.3 Å². The number of ketones is 1. The summed E-state index contributed by atoms with van der Waals surface area (Å²) >= 11 is 0. The molecule has 3 fully saturated rings. The van der Waals surface area contributed by atoms with E-state index in [4.69, 9.17) is 19.2 Å². The molecule has 4 N–H and O–H groups in total. The van der Waals surface area contributed by atoms with Crippen LogP contribution in [0.5, 0.6) is 0 Å². The molecule has 3 aliphatic heterocycles. The van der Waals surface area contributed by atoms with Crippen LogP contribution in [0.15, 0.2) is 54.8 Å². The minimum atomic E-state index is -1.25. The molecule has 16 heteroatoms. The van der Waals surface area contributed by atoms with E-state index >= 15 is 0 Å². The van der Waals surface area contributed by atoms with E-state index in [1.54, 1.807) is 16.0 Å². The van der Waals surface area contributed by atoms with Gasteiger partial charge < -0.3 is 44.9 Å². The predicted molar refractivity (Wildman–Crippen MR) is 221 cm³/mol. The van der Waals surface area contributed by atoms with Gasteiger partial charge in [0.25, 0.3) is 0 Å². The third-order valence-electron chi connectivity index (χ3n) is 12.6. The van der Waals surface area contributed by atoms with Crippen LogP contribution in [0.25, 0.3) is 5.57 Å². The van der Waals surface area contributed by atoms with Crippen LogP contribution >= 0.6 is 0 Å². The minimum absolute atomic E-state index is 0.205. The second-order valence-corrected chi connectivity index (χ2v) is 16.9. The highest BCUT2D eigenvalue weighted by molar-refractivity contribution is 5.99. The number of rotatable bonds is 13. The number of carbonyl (C=O) groups is 6. The van der Waals surface area contributed by atoms with Crippen LogP contribution in [0.2, 0.25) is 0 Å². The quantitative estimate of drug-likeness (QED) is 0.225. The molecule has 6 rings (SSSR count). The number of allylic oxidation sites excluding steroid dienone is 4. The first-order valence-electron chi connectivity index (χ1n) is 21.0. The zero-order valence-electron chi connectivity index (χ0n) is 35.5. The molecule has 1 spiro atoms. The van der Waals surface area contributed by atoms with Crippen molar-refractivity contribution in [3.05, 3.63) is 71.8 Å². The molecule has 324 valence electrons. The second-order valence-electron chi connectivity index (χ2n) is 16.9. The molecule has 5 atom stereocenters. The normalized spacial score (nSPS) is 23.2. The number of nitrogens with zero attached hydrogens (tertiary/aromatic N) is 3. The number of likely N-dealkylation sites (tertiary alicyclic amines) is 2. The van der Waals surface area contributed by atoms with Crippen LogP contribution in [0.3, 0.4) is 0 Å². The molecule has 0 radical (unpaired) electrons. The number of benzene rings is 1. The lowest BCUT2D eigenvalue weighted by molar-refractivity contribution is -0.150. The average molecular weight is 830 g/mol. The van der Waals surface area contributed by atoms with Gasteiger partial charge in [-0.3, -0.25) is 19.2 Å². The van der Waals surface area contributed by atoms with Crippen LogP contribution in [-0.4, -0.2) is 120 Å². The van der Waals surface area contributed by atoms with Gasteiger partial charge >= 0.3 is 12.2 Å². The fraction of sp³-hybridized carbons (Fsp3) is 0.568. The highest BCUT2D eigenvalue weighted by Crippen LogP contribution is 2.43. The van der Waals surface area contributed by atoms with Crippen molar-refractivity contribution in [2.24, 2.45) is 11.8 Å². The average Bonchev–Trinajstić information content (AvgIpc) is 4.03. The lowest BCUT2D eigenvalue weighted by Crippen LogP contribution is -2.62. The van der Waals surface area contributed by atoms with Gasteiger partial charge in [0.1, 0.15) is 23.9 Å². The largest absolute Gasteiger partial charge is 0.453 e. The van der Waals surface area contributed by atoms with Gasteiger partial charge in [0, 0.05) is 31.5 Å².